The van der Waals surface area contributed by atoms with Crippen LogP contribution in [-0.2, 0) is 0 Å². The van der Waals surface area contributed by atoms with E-state index in [0.717, 1.165) is 6.07 Å². The molecular formula is C12H11F5O3. The molecule has 0 spiro atoms. The van der Waals surface area contributed by atoms with Gasteiger partial charge in [0, 0.05) is 12.0 Å². The molecule has 1 heterocycles. The Kier molecular flexibility index (Phi) is 3.77. The molecule has 0 fully saturated rings. The molecule has 0 unspecified atom stereocenters. The lowest BCUT2D eigenvalue weighted by Gasteiger charge is -2.37. The predicted molar refractivity (Wildman–Crippen MR) is 58.0 cm³/mol. The van der Waals surface area contributed by atoms with E-state index in [2.05, 4.69) is 4.74 Å². The molecule has 0 amide bonds. The van der Waals surface area contributed by atoms with Crippen LogP contribution in [0.5, 0.6) is 11.5 Å². The van der Waals surface area contributed by atoms with Crippen molar-refractivity contribution in [3.05, 3.63) is 23.8 Å². The predicted octanol–water partition coefficient (Wildman–Crippen LogP) is 3.08. The van der Waals surface area contributed by atoms with Gasteiger partial charge in [-0.2, -0.15) is 0 Å². The highest BCUT2D eigenvalue weighted by Crippen LogP contribution is 2.46. The summed E-state index contributed by atoms with van der Waals surface area (Å²) in [5, 5.41) is 9.83. The van der Waals surface area contributed by atoms with Crippen molar-refractivity contribution >= 4 is 0 Å². The highest BCUT2D eigenvalue weighted by Gasteiger charge is 2.43. The molecule has 8 heteroatoms. The normalized spacial score (nSPS) is 21.0. The lowest BCUT2D eigenvalue weighted by atomic mass is 9.90. The Morgan fingerprint density at radius 1 is 1.30 bits per heavy atom. The summed E-state index contributed by atoms with van der Waals surface area (Å²) < 4.78 is 71.5. The SMILES string of the molecule is O[C@H]1CC(CF)(CF)Oc2c(OC(F)(F)F)cccc21. The Morgan fingerprint density at radius 3 is 2.50 bits per heavy atom. The van der Waals surface area contributed by atoms with Crippen LogP contribution < -0.4 is 9.47 Å². The van der Waals surface area contributed by atoms with Gasteiger partial charge in [-0.1, -0.05) is 12.1 Å². The quantitative estimate of drug-likeness (QED) is 0.872. The molecule has 0 bridgehead atoms. The number of hydrogen-bond acceptors (Lipinski definition) is 3. The summed E-state index contributed by atoms with van der Waals surface area (Å²) in [7, 11) is 0. The van der Waals surface area contributed by atoms with E-state index in [1.54, 1.807) is 0 Å². The molecule has 1 aliphatic heterocycles. The van der Waals surface area contributed by atoms with Crippen molar-refractivity contribution in [2.75, 3.05) is 13.3 Å². The fraction of sp³-hybridized carbons (Fsp3) is 0.500. The van der Waals surface area contributed by atoms with Crippen LogP contribution in [0.3, 0.4) is 0 Å². The van der Waals surface area contributed by atoms with Gasteiger partial charge in [-0.25, -0.2) is 8.78 Å². The van der Waals surface area contributed by atoms with Crippen LogP contribution in [0.4, 0.5) is 22.0 Å². The molecule has 1 N–H and O–H groups in total. The number of fused-ring (bicyclic) bond motifs is 1. The second kappa shape index (κ2) is 5.08. The number of ether oxygens (including phenoxy) is 2. The fourth-order valence-electron chi connectivity index (χ4n) is 2.03. The maximum atomic E-state index is 12.9. The van der Waals surface area contributed by atoms with Crippen LogP contribution in [0.2, 0.25) is 0 Å². The van der Waals surface area contributed by atoms with Crippen molar-refractivity contribution < 1.29 is 36.5 Å². The van der Waals surface area contributed by atoms with Gasteiger partial charge in [-0.3, -0.25) is 0 Å². The lowest BCUT2D eigenvalue weighted by Crippen LogP contribution is -2.45. The molecule has 0 aliphatic carbocycles. The molecule has 0 saturated carbocycles. The molecular weight excluding hydrogens is 287 g/mol. The summed E-state index contributed by atoms with van der Waals surface area (Å²) in [5.41, 5.74) is -1.98. The summed E-state index contributed by atoms with van der Waals surface area (Å²) in [6.07, 6.45) is -6.70. The third-order valence-corrected chi connectivity index (χ3v) is 2.97. The second-order valence-corrected chi connectivity index (χ2v) is 4.49. The van der Waals surface area contributed by atoms with Crippen LogP contribution in [0, 0.1) is 0 Å². The summed E-state index contributed by atoms with van der Waals surface area (Å²) in [6, 6.07) is 3.49. The molecule has 1 aromatic rings. The number of halogens is 5. The van der Waals surface area contributed by atoms with Gasteiger partial charge >= 0.3 is 6.36 Å². The largest absolute Gasteiger partial charge is 0.573 e. The monoisotopic (exact) mass is 298 g/mol. The van der Waals surface area contributed by atoms with E-state index in [-0.39, 0.29) is 12.0 Å². The van der Waals surface area contributed by atoms with Crippen LogP contribution >= 0.6 is 0 Å². The van der Waals surface area contributed by atoms with Gasteiger partial charge in [-0.05, 0) is 6.07 Å². The molecule has 0 saturated heterocycles. The topological polar surface area (TPSA) is 38.7 Å². The molecule has 1 atom stereocenters. The maximum absolute atomic E-state index is 12.9. The van der Waals surface area contributed by atoms with Gasteiger partial charge in [0.1, 0.15) is 13.3 Å². The summed E-state index contributed by atoms with van der Waals surface area (Å²) in [4.78, 5) is 0. The average molecular weight is 298 g/mol. The molecule has 0 radical (unpaired) electrons. The van der Waals surface area contributed by atoms with Crippen LogP contribution in [0.1, 0.15) is 18.1 Å². The minimum atomic E-state index is -4.98. The van der Waals surface area contributed by atoms with Crippen LogP contribution in [0.15, 0.2) is 18.2 Å². The summed E-state index contributed by atoms with van der Waals surface area (Å²) >= 11 is 0. The van der Waals surface area contributed by atoms with Gasteiger partial charge < -0.3 is 14.6 Å². The Bertz CT molecular complexity index is 484. The van der Waals surface area contributed by atoms with Gasteiger partial charge in [0.2, 0.25) is 0 Å². The minimum Gasteiger partial charge on any atom is -0.477 e. The first kappa shape index (κ1) is 14.8. The Hall–Kier alpha value is -1.57. The molecule has 0 aromatic heterocycles. The standard InChI is InChI=1S/C12H11F5O3/c13-5-11(6-14)4-8(18)7-2-1-3-9(10(7)20-11)19-12(15,16)17/h1-3,8,18H,4-6H2/t8-/m0/s1. The van der Waals surface area contributed by atoms with E-state index in [1.165, 1.54) is 12.1 Å². The fourth-order valence-corrected chi connectivity index (χ4v) is 2.03. The van der Waals surface area contributed by atoms with Crippen molar-refractivity contribution in [1.82, 2.24) is 0 Å². The third-order valence-electron chi connectivity index (χ3n) is 2.97. The summed E-state index contributed by atoms with van der Waals surface area (Å²) in [5.74, 6) is -1.22. The van der Waals surface area contributed by atoms with Gasteiger partial charge in [0.15, 0.2) is 17.1 Å². The summed E-state index contributed by atoms with van der Waals surface area (Å²) in [6.45, 7) is -2.55. The Balaban J connectivity index is 2.44. The molecule has 20 heavy (non-hydrogen) atoms. The second-order valence-electron chi connectivity index (χ2n) is 4.49. The Morgan fingerprint density at radius 2 is 1.95 bits per heavy atom. The number of rotatable bonds is 3. The molecule has 2 rings (SSSR count). The first-order valence-electron chi connectivity index (χ1n) is 5.68. The van der Waals surface area contributed by atoms with E-state index in [4.69, 9.17) is 4.74 Å². The molecule has 1 aliphatic rings. The van der Waals surface area contributed by atoms with Crippen molar-refractivity contribution in [3.8, 4) is 11.5 Å². The van der Waals surface area contributed by atoms with Crippen molar-refractivity contribution in [1.29, 1.82) is 0 Å². The number of aliphatic hydroxyl groups excluding tert-OH is 1. The highest BCUT2D eigenvalue weighted by atomic mass is 19.4. The smallest absolute Gasteiger partial charge is 0.477 e. The maximum Gasteiger partial charge on any atom is 0.573 e. The molecule has 1 aromatic carbocycles. The zero-order chi connectivity index (χ0) is 15.0. The minimum absolute atomic E-state index is 0.00396. The van der Waals surface area contributed by atoms with Crippen molar-refractivity contribution in [2.24, 2.45) is 0 Å². The van der Waals surface area contributed by atoms with Crippen molar-refractivity contribution in [3.63, 3.8) is 0 Å². The van der Waals surface area contributed by atoms with Gasteiger partial charge in [0.25, 0.3) is 0 Å². The number of aliphatic hydroxyl groups is 1. The van der Waals surface area contributed by atoms with Crippen LogP contribution in [0.25, 0.3) is 0 Å². The zero-order valence-corrected chi connectivity index (χ0v) is 10.1. The number of benzene rings is 1. The number of hydrogen-bond donors (Lipinski definition) is 1. The first-order valence-corrected chi connectivity index (χ1v) is 5.68. The first-order chi connectivity index (χ1) is 9.30. The average Bonchev–Trinajstić information content (AvgIpc) is 2.38. The van der Waals surface area contributed by atoms with Crippen LogP contribution in [-0.4, -0.2) is 30.4 Å². The van der Waals surface area contributed by atoms with E-state index in [1.807, 2.05) is 0 Å². The van der Waals surface area contributed by atoms with E-state index in [9.17, 15) is 27.1 Å². The zero-order valence-electron chi connectivity index (χ0n) is 10.1. The number of alkyl halides is 5. The van der Waals surface area contributed by atoms with Crippen molar-refractivity contribution in [2.45, 2.75) is 24.5 Å². The lowest BCUT2D eigenvalue weighted by molar-refractivity contribution is -0.275. The Labute approximate surface area is 110 Å². The van der Waals surface area contributed by atoms with E-state index in [0.29, 0.717) is 0 Å². The van der Waals surface area contributed by atoms with Gasteiger partial charge in [-0.15, -0.1) is 13.2 Å². The van der Waals surface area contributed by atoms with Gasteiger partial charge in [0.05, 0.1) is 6.10 Å². The molecule has 3 nitrogen and oxygen atoms in total. The molecule has 112 valence electrons. The number of para-hydroxylation sites is 1. The third kappa shape index (κ3) is 2.79. The van der Waals surface area contributed by atoms with E-state index < -0.39 is 42.9 Å². The van der Waals surface area contributed by atoms with E-state index >= 15 is 0 Å². The highest BCUT2D eigenvalue weighted by molar-refractivity contribution is 5.49.